The number of benzene rings is 1. The maximum Gasteiger partial charge on any atom is 0.173 e. The van der Waals surface area contributed by atoms with E-state index in [0.717, 1.165) is 12.1 Å². The number of halogens is 1. The Kier molecular flexibility index (Phi) is 6.64. The Morgan fingerprint density at radius 2 is 2.13 bits per heavy atom. The van der Waals surface area contributed by atoms with Gasteiger partial charge in [-0.25, -0.2) is 8.42 Å². The molecule has 128 valence electrons. The lowest BCUT2D eigenvalue weighted by atomic mass is 10.2. The minimum atomic E-state index is -2.96. The maximum absolute atomic E-state index is 11.8. The summed E-state index contributed by atoms with van der Waals surface area (Å²) in [6, 6.07) is 7.16. The number of rotatable bonds is 6. The van der Waals surface area contributed by atoms with Crippen molar-refractivity contribution >= 4 is 44.5 Å². The Bertz CT molecular complexity index is 635. The lowest BCUT2D eigenvalue weighted by Gasteiger charge is -2.31. The molecule has 1 heterocycles. The third-order valence-electron chi connectivity index (χ3n) is 3.75. The van der Waals surface area contributed by atoms with Crippen LogP contribution in [0, 0.1) is 0 Å². The van der Waals surface area contributed by atoms with E-state index >= 15 is 0 Å². The SMILES string of the molecule is COCCCN(C(=S)Nc1ccc(Cl)cc1)[C@H]1CCS(=O)(=O)C1. The van der Waals surface area contributed by atoms with Gasteiger partial charge in [-0.15, -0.1) is 0 Å². The fourth-order valence-electron chi connectivity index (χ4n) is 2.58. The molecule has 0 unspecified atom stereocenters. The molecular weight excluding hydrogens is 356 g/mol. The van der Waals surface area contributed by atoms with E-state index in [2.05, 4.69) is 5.32 Å². The Morgan fingerprint density at radius 3 is 2.70 bits per heavy atom. The first-order chi connectivity index (χ1) is 10.9. The summed E-state index contributed by atoms with van der Waals surface area (Å²) in [5.41, 5.74) is 0.831. The minimum absolute atomic E-state index is 0.0795. The van der Waals surface area contributed by atoms with E-state index in [9.17, 15) is 8.42 Å². The summed E-state index contributed by atoms with van der Waals surface area (Å²) < 4.78 is 28.6. The summed E-state index contributed by atoms with van der Waals surface area (Å²) in [7, 11) is -1.31. The van der Waals surface area contributed by atoms with Crippen molar-refractivity contribution in [2.75, 3.05) is 37.1 Å². The van der Waals surface area contributed by atoms with E-state index in [1.165, 1.54) is 0 Å². The van der Waals surface area contributed by atoms with E-state index in [1.807, 2.05) is 17.0 Å². The fourth-order valence-corrected chi connectivity index (χ4v) is 4.79. The number of hydrogen-bond acceptors (Lipinski definition) is 4. The Balaban J connectivity index is 2.05. The molecule has 0 aliphatic carbocycles. The van der Waals surface area contributed by atoms with Crippen LogP contribution in [-0.4, -0.2) is 56.2 Å². The van der Waals surface area contributed by atoms with Crippen molar-refractivity contribution < 1.29 is 13.2 Å². The number of methoxy groups -OCH3 is 1. The molecule has 1 aromatic carbocycles. The van der Waals surface area contributed by atoms with Crippen molar-refractivity contribution in [3.63, 3.8) is 0 Å². The van der Waals surface area contributed by atoms with Crippen LogP contribution in [0.1, 0.15) is 12.8 Å². The zero-order valence-electron chi connectivity index (χ0n) is 13.0. The maximum atomic E-state index is 11.8. The van der Waals surface area contributed by atoms with Gasteiger partial charge in [0.25, 0.3) is 0 Å². The molecular formula is C15H21ClN2O3S2. The monoisotopic (exact) mass is 376 g/mol. The second-order valence-corrected chi connectivity index (χ2v) is 8.59. The summed E-state index contributed by atoms with van der Waals surface area (Å²) in [5.74, 6) is 0.379. The number of thiocarbonyl (C=S) groups is 1. The highest BCUT2D eigenvalue weighted by Crippen LogP contribution is 2.20. The highest BCUT2D eigenvalue weighted by Gasteiger charge is 2.33. The zero-order valence-corrected chi connectivity index (χ0v) is 15.4. The number of ether oxygens (including phenoxy) is 1. The molecule has 8 heteroatoms. The van der Waals surface area contributed by atoms with Gasteiger partial charge in [-0.1, -0.05) is 11.6 Å². The highest BCUT2D eigenvalue weighted by molar-refractivity contribution is 7.91. The Morgan fingerprint density at radius 1 is 1.43 bits per heavy atom. The lowest BCUT2D eigenvalue weighted by Crippen LogP contribution is -2.44. The molecule has 0 saturated carbocycles. The molecule has 1 N–H and O–H groups in total. The number of sulfone groups is 1. The van der Waals surface area contributed by atoms with Crippen molar-refractivity contribution in [3.8, 4) is 0 Å². The molecule has 1 aromatic rings. The molecule has 1 fully saturated rings. The van der Waals surface area contributed by atoms with Crippen LogP contribution in [0.3, 0.4) is 0 Å². The van der Waals surface area contributed by atoms with Gasteiger partial charge in [0.05, 0.1) is 11.5 Å². The van der Waals surface area contributed by atoms with Crippen LogP contribution in [0.5, 0.6) is 0 Å². The van der Waals surface area contributed by atoms with Gasteiger partial charge in [0, 0.05) is 37.0 Å². The number of nitrogens with zero attached hydrogens (tertiary/aromatic N) is 1. The van der Waals surface area contributed by atoms with Crippen molar-refractivity contribution in [2.24, 2.45) is 0 Å². The zero-order chi connectivity index (χ0) is 16.9. The molecule has 0 bridgehead atoms. The first-order valence-electron chi connectivity index (χ1n) is 7.44. The average molecular weight is 377 g/mol. The van der Waals surface area contributed by atoms with E-state index in [1.54, 1.807) is 19.2 Å². The molecule has 1 aliphatic heterocycles. The molecule has 2 rings (SSSR count). The summed E-state index contributed by atoms with van der Waals surface area (Å²) in [6.45, 7) is 1.27. The van der Waals surface area contributed by atoms with Crippen molar-refractivity contribution in [2.45, 2.75) is 18.9 Å². The van der Waals surface area contributed by atoms with Crippen LogP contribution in [-0.2, 0) is 14.6 Å². The van der Waals surface area contributed by atoms with Gasteiger partial charge in [-0.2, -0.15) is 0 Å². The molecule has 1 atom stereocenters. The predicted molar refractivity (Wildman–Crippen MR) is 97.9 cm³/mol. The topological polar surface area (TPSA) is 58.6 Å². The first kappa shape index (κ1) is 18.4. The fraction of sp³-hybridized carbons (Fsp3) is 0.533. The molecule has 5 nitrogen and oxygen atoms in total. The molecule has 1 saturated heterocycles. The molecule has 23 heavy (non-hydrogen) atoms. The summed E-state index contributed by atoms with van der Waals surface area (Å²) >= 11 is 11.4. The van der Waals surface area contributed by atoms with Gasteiger partial charge in [-0.3, -0.25) is 0 Å². The van der Waals surface area contributed by atoms with E-state index in [-0.39, 0.29) is 17.5 Å². The van der Waals surface area contributed by atoms with E-state index in [4.69, 9.17) is 28.6 Å². The molecule has 0 spiro atoms. The Hall–Kier alpha value is -0.890. The average Bonchev–Trinajstić information content (AvgIpc) is 2.86. The van der Waals surface area contributed by atoms with Gasteiger partial charge >= 0.3 is 0 Å². The molecule has 0 amide bonds. The number of nitrogens with one attached hydrogen (secondary N) is 1. The second-order valence-electron chi connectivity index (χ2n) is 5.53. The summed E-state index contributed by atoms with van der Waals surface area (Å²) in [5, 5.41) is 4.35. The van der Waals surface area contributed by atoms with Gasteiger partial charge in [-0.05, 0) is 49.3 Å². The van der Waals surface area contributed by atoms with Crippen LogP contribution >= 0.6 is 23.8 Å². The highest BCUT2D eigenvalue weighted by atomic mass is 35.5. The van der Waals surface area contributed by atoms with Gasteiger partial charge in [0.2, 0.25) is 0 Å². The van der Waals surface area contributed by atoms with Crippen LogP contribution in [0.2, 0.25) is 5.02 Å². The summed E-state index contributed by atoms with van der Waals surface area (Å²) in [6.07, 6.45) is 1.40. The van der Waals surface area contributed by atoms with Crippen molar-refractivity contribution in [1.29, 1.82) is 0 Å². The molecule has 0 aromatic heterocycles. The van der Waals surface area contributed by atoms with E-state index < -0.39 is 9.84 Å². The molecule has 0 radical (unpaired) electrons. The normalized spacial score (nSPS) is 19.5. The largest absolute Gasteiger partial charge is 0.385 e. The van der Waals surface area contributed by atoms with Gasteiger partial charge < -0.3 is 15.0 Å². The number of hydrogen-bond donors (Lipinski definition) is 1. The summed E-state index contributed by atoms with van der Waals surface area (Å²) in [4.78, 5) is 1.97. The predicted octanol–water partition coefficient (Wildman–Crippen LogP) is 2.56. The standard InChI is InChI=1S/C15H21ClN2O3S2/c1-21-9-2-8-18(14-7-10-23(19,20)11-14)15(22)17-13-5-3-12(16)4-6-13/h3-6,14H,2,7-11H2,1H3,(H,17,22)/t14-/m0/s1. The van der Waals surface area contributed by atoms with Crippen LogP contribution in [0.25, 0.3) is 0 Å². The third-order valence-corrected chi connectivity index (χ3v) is 6.09. The van der Waals surface area contributed by atoms with Crippen LogP contribution in [0.4, 0.5) is 5.69 Å². The third kappa shape index (κ3) is 5.60. The second kappa shape index (κ2) is 8.28. The Labute approximate surface area is 147 Å². The van der Waals surface area contributed by atoms with Gasteiger partial charge in [0.15, 0.2) is 14.9 Å². The van der Waals surface area contributed by atoms with Crippen LogP contribution < -0.4 is 5.32 Å². The minimum Gasteiger partial charge on any atom is -0.385 e. The van der Waals surface area contributed by atoms with Crippen LogP contribution in [0.15, 0.2) is 24.3 Å². The number of anilines is 1. The lowest BCUT2D eigenvalue weighted by molar-refractivity contribution is 0.181. The first-order valence-corrected chi connectivity index (χ1v) is 10.0. The van der Waals surface area contributed by atoms with Gasteiger partial charge in [0.1, 0.15) is 0 Å². The molecule has 1 aliphatic rings. The van der Waals surface area contributed by atoms with E-state index in [0.29, 0.717) is 29.7 Å². The quantitative estimate of drug-likeness (QED) is 0.608. The van der Waals surface area contributed by atoms with Crippen molar-refractivity contribution in [3.05, 3.63) is 29.3 Å². The smallest absolute Gasteiger partial charge is 0.173 e. The van der Waals surface area contributed by atoms with Crippen molar-refractivity contribution in [1.82, 2.24) is 4.90 Å².